The molecule has 0 radical (unpaired) electrons. The van der Waals surface area contributed by atoms with Crippen LogP contribution in [0.5, 0.6) is 0 Å². The number of amides is 1. The molecule has 116 valence electrons. The largest absolute Gasteiger partial charge is 0.354 e. The van der Waals surface area contributed by atoms with Gasteiger partial charge in [-0.1, -0.05) is 6.07 Å². The molecular formula is C15H25N5O. The van der Waals surface area contributed by atoms with Crippen LogP contribution >= 0.6 is 0 Å². The van der Waals surface area contributed by atoms with Gasteiger partial charge >= 0.3 is 0 Å². The quantitative estimate of drug-likeness (QED) is 0.802. The van der Waals surface area contributed by atoms with E-state index in [1.165, 1.54) is 0 Å². The minimum atomic E-state index is -0.368. The van der Waals surface area contributed by atoms with E-state index in [-0.39, 0.29) is 11.4 Å². The third kappa shape index (κ3) is 5.32. The number of anilines is 1. The molecule has 6 nitrogen and oxygen atoms in total. The van der Waals surface area contributed by atoms with Crippen molar-refractivity contribution in [3.05, 3.63) is 24.4 Å². The second-order valence-corrected chi connectivity index (χ2v) is 6.22. The molecule has 0 atom stereocenters. The van der Waals surface area contributed by atoms with Crippen LogP contribution in [0, 0.1) is 0 Å². The Labute approximate surface area is 126 Å². The number of nitrogens with two attached hydrogens (primary N) is 1. The number of carbonyl (C=O) groups is 1. The number of pyridine rings is 1. The first-order valence-electron chi connectivity index (χ1n) is 7.38. The number of nitrogens with zero attached hydrogens (tertiary/aromatic N) is 3. The summed E-state index contributed by atoms with van der Waals surface area (Å²) in [6.07, 6.45) is 1.81. The summed E-state index contributed by atoms with van der Waals surface area (Å²) < 4.78 is 0. The second kappa shape index (κ2) is 6.87. The zero-order chi connectivity index (χ0) is 15.3. The molecule has 1 aliphatic rings. The summed E-state index contributed by atoms with van der Waals surface area (Å²) in [5.41, 5.74) is 5.49. The zero-order valence-electron chi connectivity index (χ0n) is 12.9. The van der Waals surface area contributed by atoms with Crippen molar-refractivity contribution in [3.8, 4) is 0 Å². The van der Waals surface area contributed by atoms with Crippen LogP contribution < -0.4 is 16.0 Å². The summed E-state index contributed by atoms with van der Waals surface area (Å²) in [6, 6.07) is 5.94. The topological polar surface area (TPSA) is 74.5 Å². The fourth-order valence-electron chi connectivity index (χ4n) is 2.26. The SMILES string of the molecule is CC(C)(N)CNC(=O)CN1CCN(c2ccccn2)CC1. The lowest BCUT2D eigenvalue weighted by molar-refractivity contribution is -0.122. The predicted molar refractivity (Wildman–Crippen MR) is 84.2 cm³/mol. The normalized spacial score (nSPS) is 16.8. The number of carbonyl (C=O) groups excluding carboxylic acids is 1. The second-order valence-electron chi connectivity index (χ2n) is 6.22. The molecule has 0 bridgehead atoms. The van der Waals surface area contributed by atoms with Crippen LogP contribution in [0.3, 0.4) is 0 Å². The van der Waals surface area contributed by atoms with Gasteiger partial charge in [0.2, 0.25) is 5.91 Å². The van der Waals surface area contributed by atoms with Crippen molar-refractivity contribution in [2.24, 2.45) is 5.73 Å². The number of piperazine rings is 1. The maximum Gasteiger partial charge on any atom is 0.234 e. The van der Waals surface area contributed by atoms with Crippen molar-refractivity contribution in [3.63, 3.8) is 0 Å². The highest BCUT2D eigenvalue weighted by Crippen LogP contribution is 2.12. The third-order valence-corrected chi connectivity index (χ3v) is 3.45. The summed E-state index contributed by atoms with van der Waals surface area (Å²) in [4.78, 5) is 20.6. The molecule has 1 aliphatic heterocycles. The Morgan fingerprint density at radius 3 is 2.62 bits per heavy atom. The van der Waals surface area contributed by atoms with E-state index in [1.807, 2.05) is 38.2 Å². The summed E-state index contributed by atoms with van der Waals surface area (Å²) in [6.45, 7) is 8.27. The fraction of sp³-hybridized carbons (Fsp3) is 0.600. The summed E-state index contributed by atoms with van der Waals surface area (Å²) >= 11 is 0. The smallest absolute Gasteiger partial charge is 0.234 e. The number of hydrogen-bond acceptors (Lipinski definition) is 5. The van der Waals surface area contributed by atoms with E-state index in [4.69, 9.17) is 5.73 Å². The number of nitrogens with one attached hydrogen (secondary N) is 1. The molecule has 2 heterocycles. The van der Waals surface area contributed by atoms with Crippen molar-refractivity contribution >= 4 is 11.7 Å². The Morgan fingerprint density at radius 1 is 1.33 bits per heavy atom. The first-order chi connectivity index (χ1) is 9.94. The molecule has 0 aliphatic carbocycles. The highest BCUT2D eigenvalue weighted by molar-refractivity contribution is 5.78. The predicted octanol–water partition coefficient (Wildman–Crippen LogP) is 0.0571. The molecule has 0 unspecified atom stereocenters. The highest BCUT2D eigenvalue weighted by atomic mass is 16.2. The molecule has 1 aromatic rings. The van der Waals surface area contributed by atoms with Gasteiger partial charge < -0.3 is 16.0 Å². The van der Waals surface area contributed by atoms with Gasteiger partial charge in [0.05, 0.1) is 6.54 Å². The monoisotopic (exact) mass is 291 g/mol. The molecule has 0 saturated carbocycles. The van der Waals surface area contributed by atoms with Crippen LogP contribution in [0.1, 0.15) is 13.8 Å². The average Bonchev–Trinajstić information content (AvgIpc) is 2.46. The molecular weight excluding hydrogens is 266 g/mol. The van der Waals surface area contributed by atoms with Crippen molar-refractivity contribution in [1.29, 1.82) is 0 Å². The van der Waals surface area contributed by atoms with Gasteiger partial charge in [-0.25, -0.2) is 4.98 Å². The van der Waals surface area contributed by atoms with Gasteiger partial charge in [0.25, 0.3) is 0 Å². The Hall–Kier alpha value is -1.66. The lowest BCUT2D eigenvalue weighted by Gasteiger charge is -2.35. The Kier molecular flexibility index (Phi) is 5.14. The minimum Gasteiger partial charge on any atom is -0.354 e. The van der Waals surface area contributed by atoms with Crippen molar-refractivity contribution < 1.29 is 4.79 Å². The van der Waals surface area contributed by atoms with Crippen LogP contribution in [-0.2, 0) is 4.79 Å². The molecule has 1 aromatic heterocycles. The van der Waals surface area contributed by atoms with E-state index in [1.54, 1.807) is 0 Å². The number of hydrogen-bond donors (Lipinski definition) is 2. The Balaban J connectivity index is 1.73. The zero-order valence-corrected chi connectivity index (χ0v) is 12.9. The van der Waals surface area contributed by atoms with Crippen LogP contribution in [-0.4, -0.2) is 60.6 Å². The van der Waals surface area contributed by atoms with Crippen LogP contribution in [0.25, 0.3) is 0 Å². The molecule has 2 rings (SSSR count). The molecule has 0 spiro atoms. The van der Waals surface area contributed by atoms with E-state index < -0.39 is 0 Å². The van der Waals surface area contributed by atoms with Gasteiger partial charge in [-0.2, -0.15) is 0 Å². The molecule has 1 amide bonds. The molecule has 1 fully saturated rings. The highest BCUT2D eigenvalue weighted by Gasteiger charge is 2.20. The first kappa shape index (κ1) is 15.7. The van der Waals surface area contributed by atoms with Gasteiger partial charge in [-0.15, -0.1) is 0 Å². The van der Waals surface area contributed by atoms with Crippen molar-refractivity contribution in [2.45, 2.75) is 19.4 Å². The van der Waals surface area contributed by atoms with Gasteiger partial charge in [0.15, 0.2) is 0 Å². The molecule has 21 heavy (non-hydrogen) atoms. The van der Waals surface area contributed by atoms with Crippen molar-refractivity contribution in [2.75, 3.05) is 44.2 Å². The van der Waals surface area contributed by atoms with Gasteiger partial charge in [-0.05, 0) is 26.0 Å². The van der Waals surface area contributed by atoms with E-state index in [0.717, 1.165) is 32.0 Å². The number of rotatable bonds is 5. The van der Waals surface area contributed by atoms with E-state index in [2.05, 4.69) is 20.1 Å². The maximum atomic E-state index is 11.9. The first-order valence-corrected chi connectivity index (χ1v) is 7.38. The minimum absolute atomic E-state index is 0.0415. The van der Waals surface area contributed by atoms with E-state index in [0.29, 0.717) is 13.1 Å². The third-order valence-electron chi connectivity index (χ3n) is 3.45. The van der Waals surface area contributed by atoms with Gasteiger partial charge in [-0.3, -0.25) is 9.69 Å². The molecule has 6 heteroatoms. The lowest BCUT2D eigenvalue weighted by Crippen LogP contribution is -2.51. The number of aromatic nitrogens is 1. The molecule has 3 N–H and O–H groups in total. The van der Waals surface area contributed by atoms with Crippen LogP contribution in [0.15, 0.2) is 24.4 Å². The molecule has 0 aromatic carbocycles. The Morgan fingerprint density at radius 2 is 2.05 bits per heavy atom. The van der Waals surface area contributed by atoms with Gasteiger partial charge in [0, 0.05) is 44.5 Å². The van der Waals surface area contributed by atoms with E-state index in [9.17, 15) is 4.79 Å². The molecule has 1 saturated heterocycles. The van der Waals surface area contributed by atoms with Gasteiger partial charge in [0.1, 0.15) is 5.82 Å². The summed E-state index contributed by atoms with van der Waals surface area (Å²) in [7, 11) is 0. The van der Waals surface area contributed by atoms with Crippen LogP contribution in [0.2, 0.25) is 0 Å². The van der Waals surface area contributed by atoms with Crippen LogP contribution in [0.4, 0.5) is 5.82 Å². The standard InChI is InChI=1S/C15H25N5O/c1-15(2,16)12-18-14(21)11-19-7-9-20(10-8-19)13-5-3-4-6-17-13/h3-6H,7-12,16H2,1-2H3,(H,18,21). The maximum absolute atomic E-state index is 11.9. The van der Waals surface area contributed by atoms with E-state index >= 15 is 0 Å². The Bertz CT molecular complexity index is 449. The summed E-state index contributed by atoms with van der Waals surface area (Å²) in [5, 5.41) is 2.88. The average molecular weight is 291 g/mol. The lowest BCUT2D eigenvalue weighted by atomic mass is 10.1. The van der Waals surface area contributed by atoms with Crippen molar-refractivity contribution in [1.82, 2.24) is 15.2 Å². The fourth-order valence-corrected chi connectivity index (χ4v) is 2.26. The summed E-state index contributed by atoms with van der Waals surface area (Å²) in [5.74, 6) is 1.05.